The molecule has 0 unspecified atom stereocenters. The molecule has 0 saturated carbocycles. The van der Waals surface area contributed by atoms with E-state index in [1.807, 2.05) is 30.3 Å². The maximum atomic E-state index is 12.9. The van der Waals surface area contributed by atoms with Crippen molar-refractivity contribution in [1.82, 2.24) is 4.98 Å². The summed E-state index contributed by atoms with van der Waals surface area (Å²) in [5, 5.41) is 0.961. The van der Waals surface area contributed by atoms with E-state index in [4.69, 9.17) is 4.74 Å². The van der Waals surface area contributed by atoms with Crippen LogP contribution in [0.5, 0.6) is 0 Å². The van der Waals surface area contributed by atoms with Gasteiger partial charge in [-0.3, -0.25) is 9.78 Å². The number of benzene rings is 2. The lowest BCUT2D eigenvalue weighted by Gasteiger charge is -2.10. The van der Waals surface area contributed by atoms with Crippen molar-refractivity contribution in [2.75, 3.05) is 0 Å². The van der Waals surface area contributed by atoms with Crippen LogP contribution in [0.2, 0.25) is 0 Å². The van der Waals surface area contributed by atoms with Crippen molar-refractivity contribution in [2.24, 2.45) is 0 Å². The molecular weight excluding hydrogens is 333 g/mol. The third-order valence-corrected chi connectivity index (χ3v) is 3.85. The Morgan fingerprint density at radius 3 is 2.58 bits per heavy atom. The zero-order chi connectivity index (χ0) is 18.5. The summed E-state index contributed by atoms with van der Waals surface area (Å²) in [5.41, 5.74) is 1.83. The molecule has 3 rings (SSSR count). The topological polar surface area (TPSA) is 56.3 Å². The molecule has 0 aliphatic carbocycles. The minimum absolute atomic E-state index is 0.286. The predicted molar refractivity (Wildman–Crippen MR) is 97.1 cm³/mol. The van der Waals surface area contributed by atoms with E-state index in [1.54, 1.807) is 12.3 Å². The largest absolute Gasteiger partial charge is 0.451 e. The fraction of sp³-hybridized carbons (Fsp3) is 0.0952. The van der Waals surface area contributed by atoms with E-state index < -0.39 is 23.7 Å². The van der Waals surface area contributed by atoms with Gasteiger partial charge in [0.1, 0.15) is 5.82 Å². The van der Waals surface area contributed by atoms with Gasteiger partial charge in [-0.2, -0.15) is 0 Å². The van der Waals surface area contributed by atoms with E-state index >= 15 is 0 Å². The van der Waals surface area contributed by atoms with Crippen LogP contribution in [0, 0.1) is 5.82 Å². The molecule has 26 heavy (non-hydrogen) atoms. The van der Waals surface area contributed by atoms with Gasteiger partial charge in [-0.25, -0.2) is 9.18 Å². The first-order valence-corrected chi connectivity index (χ1v) is 8.07. The van der Waals surface area contributed by atoms with Crippen LogP contribution in [0.4, 0.5) is 4.39 Å². The fourth-order valence-corrected chi connectivity index (χ4v) is 2.54. The number of carbonyl (C=O) groups is 2. The quantitative estimate of drug-likeness (QED) is 0.393. The Morgan fingerprint density at radius 2 is 1.81 bits per heavy atom. The first-order valence-electron chi connectivity index (χ1n) is 8.07. The summed E-state index contributed by atoms with van der Waals surface area (Å²) in [6.45, 7) is 1.48. The molecule has 0 aliphatic rings. The van der Waals surface area contributed by atoms with Crippen LogP contribution in [0.25, 0.3) is 17.0 Å². The van der Waals surface area contributed by atoms with Gasteiger partial charge in [0.2, 0.25) is 5.78 Å². The number of carbonyl (C=O) groups excluding carboxylic acids is 2. The van der Waals surface area contributed by atoms with Gasteiger partial charge in [0.15, 0.2) is 6.10 Å². The normalized spacial score (nSPS) is 12.2. The Hall–Kier alpha value is -3.34. The smallest absolute Gasteiger partial charge is 0.331 e. The summed E-state index contributed by atoms with van der Waals surface area (Å²) < 4.78 is 18.1. The highest BCUT2D eigenvalue weighted by molar-refractivity contribution is 6.01. The SMILES string of the molecule is C[C@H](OC(=O)/C=C/c1cccc2cccnc12)C(=O)c1ccc(F)cc1. The van der Waals surface area contributed by atoms with Gasteiger partial charge in [0.05, 0.1) is 5.52 Å². The van der Waals surface area contributed by atoms with E-state index in [2.05, 4.69) is 4.98 Å². The number of hydrogen-bond acceptors (Lipinski definition) is 4. The third-order valence-electron chi connectivity index (χ3n) is 3.85. The van der Waals surface area contributed by atoms with Gasteiger partial charge < -0.3 is 4.74 Å². The molecule has 2 aromatic carbocycles. The second kappa shape index (κ2) is 7.70. The number of rotatable bonds is 5. The van der Waals surface area contributed by atoms with Crippen LogP contribution in [0.15, 0.2) is 66.9 Å². The molecule has 1 heterocycles. The Bertz CT molecular complexity index is 975. The number of hydrogen-bond donors (Lipinski definition) is 0. The molecule has 3 aromatic rings. The van der Waals surface area contributed by atoms with Gasteiger partial charge >= 0.3 is 5.97 Å². The van der Waals surface area contributed by atoms with E-state index in [0.717, 1.165) is 16.5 Å². The molecule has 1 atom stereocenters. The number of ether oxygens (including phenoxy) is 1. The number of ketones is 1. The van der Waals surface area contributed by atoms with Crippen molar-refractivity contribution >= 4 is 28.7 Å². The molecule has 0 N–H and O–H groups in total. The number of para-hydroxylation sites is 1. The minimum atomic E-state index is -0.969. The second-order valence-corrected chi connectivity index (χ2v) is 5.71. The standard InChI is InChI=1S/C21H16FNO3/c1-14(21(25)17-7-10-18(22)11-8-17)26-19(24)12-9-16-5-2-4-15-6-3-13-23-20(15)16/h2-14H,1H3/b12-9+/t14-/m0/s1. The van der Waals surface area contributed by atoms with Gasteiger partial charge in [-0.1, -0.05) is 24.3 Å². The van der Waals surface area contributed by atoms with Gasteiger partial charge in [-0.05, 0) is 43.3 Å². The highest BCUT2D eigenvalue weighted by atomic mass is 19.1. The fourth-order valence-electron chi connectivity index (χ4n) is 2.54. The molecule has 130 valence electrons. The van der Waals surface area contributed by atoms with Crippen LogP contribution in [-0.4, -0.2) is 22.8 Å². The molecule has 0 amide bonds. The lowest BCUT2D eigenvalue weighted by atomic mass is 10.1. The van der Waals surface area contributed by atoms with Gasteiger partial charge in [0, 0.05) is 28.8 Å². The monoisotopic (exact) mass is 349 g/mol. The molecule has 0 saturated heterocycles. The first kappa shape index (κ1) is 17.5. The zero-order valence-corrected chi connectivity index (χ0v) is 14.1. The molecule has 0 fully saturated rings. The maximum absolute atomic E-state index is 12.9. The Kier molecular flexibility index (Phi) is 5.17. The number of esters is 1. The average Bonchev–Trinajstić information content (AvgIpc) is 2.66. The molecule has 0 bridgehead atoms. The summed E-state index contributed by atoms with van der Waals surface area (Å²) in [7, 11) is 0. The molecule has 1 aromatic heterocycles. The van der Waals surface area contributed by atoms with Gasteiger partial charge in [0.25, 0.3) is 0 Å². The minimum Gasteiger partial charge on any atom is -0.451 e. The Morgan fingerprint density at radius 1 is 1.08 bits per heavy atom. The molecule has 0 aliphatic heterocycles. The van der Waals surface area contributed by atoms with Crippen LogP contribution >= 0.6 is 0 Å². The summed E-state index contributed by atoms with van der Waals surface area (Å²) >= 11 is 0. The van der Waals surface area contributed by atoms with Crippen molar-refractivity contribution in [3.63, 3.8) is 0 Å². The molecule has 4 nitrogen and oxygen atoms in total. The van der Waals surface area contributed by atoms with E-state index in [9.17, 15) is 14.0 Å². The number of fused-ring (bicyclic) bond motifs is 1. The molecule has 0 radical (unpaired) electrons. The van der Waals surface area contributed by atoms with Crippen molar-refractivity contribution in [3.05, 3.63) is 83.8 Å². The van der Waals surface area contributed by atoms with Crippen LogP contribution in [0.1, 0.15) is 22.8 Å². The van der Waals surface area contributed by atoms with E-state index in [0.29, 0.717) is 0 Å². The number of aromatic nitrogens is 1. The average molecular weight is 349 g/mol. The lowest BCUT2D eigenvalue weighted by Crippen LogP contribution is -2.23. The van der Waals surface area contributed by atoms with Crippen molar-refractivity contribution in [2.45, 2.75) is 13.0 Å². The van der Waals surface area contributed by atoms with E-state index in [1.165, 1.54) is 37.3 Å². The number of nitrogens with zero attached hydrogens (tertiary/aromatic N) is 1. The van der Waals surface area contributed by atoms with E-state index in [-0.39, 0.29) is 5.56 Å². The van der Waals surface area contributed by atoms with Crippen LogP contribution in [-0.2, 0) is 9.53 Å². The lowest BCUT2D eigenvalue weighted by molar-refractivity contribution is -0.140. The van der Waals surface area contributed by atoms with Gasteiger partial charge in [-0.15, -0.1) is 0 Å². The Balaban J connectivity index is 1.68. The highest BCUT2D eigenvalue weighted by Crippen LogP contribution is 2.17. The third kappa shape index (κ3) is 4.00. The Labute approximate surface area is 149 Å². The molecular formula is C21H16FNO3. The molecule has 5 heteroatoms. The van der Waals surface area contributed by atoms with Crippen molar-refractivity contribution < 1.29 is 18.7 Å². The number of Topliss-reactive ketones (excluding diaryl/α,β-unsaturated/α-hetero) is 1. The maximum Gasteiger partial charge on any atom is 0.331 e. The van der Waals surface area contributed by atoms with Crippen LogP contribution < -0.4 is 0 Å². The summed E-state index contributed by atoms with van der Waals surface area (Å²) in [5.74, 6) is -1.46. The number of halogens is 1. The predicted octanol–water partition coefficient (Wildman–Crippen LogP) is 4.20. The van der Waals surface area contributed by atoms with Crippen molar-refractivity contribution in [1.29, 1.82) is 0 Å². The summed E-state index contributed by atoms with van der Waals surface area (Å²) in [6, 6.07) is 14.5. The van der Waals surface area contributed by atoms with Crippen LogP contribution in [0.3, 0.4) is 0 Å². The molecule has 0 spiro atoms. The summed E-state index contributed by atoms with van der Waals surface area (Å²) in [4.78, 5) is 28.5. The van der Waals surface area contributed by atoms with Crippen molar-refractivity contribution in [3.8, 4) is 0 Å². The zero-order valence-electron chi connectivity index (χ0n) is 14.1. The number of pyridine rings is 1. The summed E-state index contributed by atoms with van der Waals surface area (Å²) in [6.07, 6.45) is 3.58. The highest BCUT2D eigenvalue weighted by Gasteiger charge is 2.18. The first-order chi connectivity index (χ1) is 12.5. The second-order valence-electron chi connectivity index (χ2n) is 5.71.